The molecule has 1 atom stereocenters. The smallest absolute Gasteiger partial charge is 0.369 e. The van der Waals surface area contributed by atoms with E-state index in [-0.39, 0.29) is 18.7 Å². The second-order valence-corrected chi connectivity index (χ2v) is 5.50. The van der Waals surface area contributed by atoms with Gasteiger partial charge in [-0.2, -0.15) is 13.2 Å². The summed E-state index contributed by atoms with van der Waals surface area (Å²) < 4.78 is 38.7. The van der Waals surface area contributed by atoms with Crippen LogP contribution in [-0.4, -0.2) is 29.9 Å². The van der Waals surface area contributed by atoms with Gasteiger partial charge in [0.05, 0.1) is 11.5 Å². The largest absolute Gasteiger partial charge is 0.416 e. The van der Waals surface area contributed by atoms with Crippen molar-refractivity contribution in [1.82, 2.24) is 10.2 Å². The van der Waals surface area contributed by atoms with Crippen molar-refractivity contribution in [2.75, 3.05) is 13.1 Å². The van der Waals surface area contributed by atoms with Gasteiger partial charge in [-0.3, -0.25) is 4.79 Å². The quantitative estimate of drug-likeness (QED) is 0.891. The second kappa shape index (κ2) is 6.89. The average Bonchev–Trinajstić information content (AvgIpc) is 2.52. The zero-order valence-electron chi connectivity index (χ0n) is 12.4. The van der Waals surface area contributed by atoms with E-state index in [4.69, 9.17) is 5.73 Å². The first-order chi connectivity index (χ1) is 10.8. The van der Waals surface area contributed by atoms with Crippen LogP contribution in [0.25, 0.3) is 0 Å². The lowest BCUT2D eigenvalue weighted by atomic mass is 9.98. The van der Waals surface area contributed by atoms with Crippen molar-refractivity contribution in [3.8, 4) is 0 Å². The Morgan fingerprint density at radius 3 is 2.65 bits per heavy atom. The average molecular weight is 329 g/mol. The van der Waals surface area contributed by atoms with Gasteiger partial charge in [-0.15, -0.1) is 0 Å². The Labute approximate surface area is 131 Å². The Bertz CT molecular complexity index is 590. The van der Waals surface area contributed by atoms with Crippen molar-refractivity contribution < 1.29 is 22.8 Å². The van der Waals surface area contributed by atoms with Gasteiger partial charge < -0.3 is 16.0 Å². The van der Waals surface area contributed by atoms with Crippen LogP contribution >= 0.6 is 0 Å². The Morgan fingerprint density at radius 1 is 1.30 bits per heavy atom. The molecule has 8 heteroatoms. The highest BCUT2D eigenvalue weighted by Gasteiger charge is 2.33. The van der Waals surface area contributed by atoms with E-state index in [9.17, 15) is 22.8 Å². The molecule has 1 aromatic rings. The number of hydrogen-bond donors (Lipinski definition) is 2. The minimum Gasteiger partial charge on any atom is -0.369 e. The van der Waals surface area contributed by atoms with E-state index in [1.807, 2.05) is 0 Å². The number of amides is 3. The number of nitrogens with one attached hydrogen (secondary N) is 1. The SMILES string of the molecule is NC(=O)[C@@H]1CCCN(C(=O)NCc2ccccc2C(F)(F)F)C1. The Hall–Kier alpha value is -2.25. The van der Waals surface area contributed by atoms with E-state index in [0.717, 1.165) is 6.07 Å². The van der Waals surface area contributed by atoms with Gasteiger partial charge in [-0.05, 0) is 24.5 Å². The Balaban J connectivity index is 1.99. The van der Waals surface area contributed by atoms with Crippen LogP contribution in [0.5, 0.6) is 0 Å². The van der Waals surface area contributed by atoms with Crippen molar-refractivity contribution in [3.05, 3.63) is 35.4 Å². The van der Waals surface area contributed by atoms with Gasteiger partial charge in [0.25, 0.3) is 0 Å². The molecule has 1 fully saturated rings. The summed E-state index contributed by atoms with van der Waals surface area (Å²) in [6, 6.07) is 4.60. The number of likely N-dealkylation sites (tertiary alicyclic amines) is 1. The molecule has 0 spiro atoms. The molecule has 0 radical (unpaired) electrons. The summed E-state index contributed by atoms with van der Waals surface area (Å²) >= 11 is 0. The molecule has 1 aliphatic rings. The fourth-order valence-electron chi connectivity index (χ4n) is 2.63. The predicted molar refractivity (Wildman–Crippen MR) is 77.2 cm³/mol. The van der Waals surface area contributed by atoms with Gasteiger partial charge in [-0.1, -0.05) is 18.2 Å². The highest BCUT2D eigenvalue weighted by Crippen LogP contribution is 2.31. The Kier molecular flexibility index (Phi) is 5.12. The third-order valence-electron chi connectivity index (χ3n) is 3.86. The summed E-state index contributed by atoms with van der Waals surface area (Å²) in [6.07, 6.45) is -3.21. The van der Waals surface area contributed by atoms with Crippen molar-refractivity contribution in [2.45, 2.75) is 25.6 Å². The minimum atomic E-state index is -4.47. The van der Waals surface area contributed by atoms with Crippen molar-refractivity contribution in [3.63, 3.8) is 0 Å². The number of hydrogen-bond acceptors (Lipinski definition) is 2. The summed E-state index contributed by atoms with van der Waals surface area (Å²) in [5.74, 6) is -0.873. The molecule has 0 unspecified atom stereocenters. The number of benzene rings is 1. The van der Waals surface area contributed by atoms with E-state index in [0.29, 0.717) is 19.4 Å². The molecular weight excluding hydrogens is 311 g/mol. The molecule has 5 nitrogen and oxygen atoms in total. The van der Waals surface area contributed by atoms with Crippen molar-refractivity contribution >= 4 is 11.9 Å². The van der Waals surface area contributed by atoms with Gasteiger partial charge in [0.15, 0.2) is 0 Å². The zero-order valence-corrected chi connectivity index (χ0v) is 12.4. The number of alkyl halides is 3. The molecule has 1 saturated heterocycles. The number of rotatable bonds is 3. The fourth-order valence-corrected chi connectivity index (χ4v) is 2.63. The minimum absolute atomic E-state index is 0.00295. The topological polar surface area (TPSA) is 75.4 Å². The lowest BCUT2D eigenvalue weighted by molar-refractivity contribution is -0.138. The third kappa shape index (κ3) is 4.37. The first-order valence-electron chi connectivity index (χ1n) is 7.26. The molecular formula is C15H18F3N3O2. The van der Waals surface area contributed by atoms with Gasteiger partial charge >= 0.3 is 12.2 Å². The van der Waals surface area contributed by atoms with Crippen LogP contribution in [0.3, 0.4) is 0 Å². The molecule has 1 aromatic carbocycles. The molecule has 0 aromatic heterocycles. The van der Waals surface area contributed by atoms with Gasteiger partial charge in [0, 0.05) is 19.6 Å². The summed E-state index contributed by atoms with van der Waals surface area (Å²) in [4.78, 5) is 24.7. The summed E-state index contributed by atoms with van der Waals surface area (Å²) in [5.41, 5.74) is 4.47. The van der Waals surface area contributed by atoms with E-state index < -0.39 is 29.6 Å². The first-order valence-corrected chi connectivity index (χ1v) is 7.26. The number of carbonyl (C=O) groups excluding carboxylic acids is 2. The lowest BCUT2D eigenvalue weighted by Gasteiger charge is -2.31. The van der Waals surface area contributed by atoms with Crippen LogP contribution in [-0.2, 0) is 17.5 Å². The molecule has 0 saturated carbocycles. The maximum atomic E-state index is 12.9. The number of nitrogens with two attached hydrogens (primary N) is 1. The first kappa shape index (κ1) is 17.1. The number of halogens is 3. The van der Waals surface area contributed by atoms with E-state index in [2.05, 4.69) is 5.32 Å². The van der Waals surface area contributed by atoms with Gasteiger partial charge in [-0.25, -0.2) is 4.79 Å². The fraction of sp³-hybridized carbons (Fsp3) is 0.467. The third-order valence-corrected chi connectivity index (χ3v) is 3.86. The highest BCUT2D eigenvalue weighted by molar-refractivity contribution is 5.79. The number of primary amides is 1. The second-order valence-electron chi connectivity index (χ2n) is 5.50. The van der Waals surface area contributed by atoms with E-state index in [1.54, 1.807) is 0 Å². The van der Waals surface area contributed by atoms with E-state index >= 15 is 0 Å². The summed E-state index contributed by atoms with van der Waals surface area (Å²) in [7, 11) is 0. The maximum Gasteiger partial charge on any atom is 0.416 e. The molecule has 126 valence electrons. The Morgan fingerprint density at radius 2 is 2.00 bits per heavy atom. The van der Waals surface area contributed by atoms with Crippen LogP contribution in [0.2, 0.25) is 0 Å². The van der Waals surface area contributed by atoms with Crippen molar-refractivity contribution in [2.24, 2.45) is 11.7 Å². The van der Waals surface area contributed by atoms with Crippen LogP contribution in [0.1, 0.15) is 24.0 Å². The molecule has 0 bridgehead atoms. The van der Waals surface area contributed by atoms with Crippen LogP contribution in [0.4, 0.5) is 18.0 Å². The molecule has 3 N–H and O–H groups in total. The van der Waals surface area contributed by atoms with Crippen molar-refractivity contribution in [1.29, 1.82) is 0 Å². The predicted octanol–water partition coefficient (Wildman–Crippen LogP) is 2.11. The standard InChI is InChI=1S/C15H18F3N3O2/c16-15(17,18)12-6-2-1-4-10(12)8-20-14(23)21-7-3-5-11(9-21)13(19)22/h1-2,4,6,11H,3,5,7-9H2,(H2,19,22)(H,20,23)/t11-/m1/s1. The molecule has 23 heavy (non-hydrogen) atoms. The molecule has 1 aliphatic heterocycles. The van der Waals surface area contributed by atoms with Gasteiger partial charge in [0.2, 0.25) is 5.91 Å². The molecule has 0 aliphatic carbocycles. The van der Waals surface area contributed by atoms with Crippen LogP contribution in [0.15, 0.2) is 24.3 Å². The van der Waals surface area contributed by atoms with Gasteiger partial charge in [0.1, 0.15) is 0 Å². The lowest BCUT2D eigenvalue weighted by Crippen LogP contribution is -2.48. The van der Waals surface area contributed by atoms with Crippen LogP contribution < -0.4 is 11.1 Å². The maximum absolute atomic E-state index is 12.9. The molecule has 3 amide bonds. The monoisotopic (exact) mass is 329 g/mol. The van der Waals surface area contributed by atoms with Crippen LogP contribution in [0, 0.1) is 5.92 Å². The number of carbonyl (C=O) groups is 2. The zero-order chi connectivity index (χ0) is 17.0. The normalized spacial score (nSPS) is 18.6. The number of piperidine rings is 1. The summed E-state index contributed by atoms with van der Waals surface area (Å²) in [5, 5.41) is 2.48. The molecule has 1 heterocycles. The number of nitrogens with zero attached hydrogens (tertiary/aromatic N) is 1. The number of urea groups is 1. The summed E-state index contributed by atoms with van der Waals surface area (Å²) in [6.45, 7) is 0.421. The highest BCUT2D eigenvalue weighted by atomic mass is 19.4. The van der Waals surface area contributed by atoms with E-state index in [1.165, 1.54) is 23.1 Å². The molecule has 2 rings (SSSR count).